The molecule has 0 aromatic carbocycles. The fourth-order valence-corrected chi connectivity index (χ4v) is 5.99. The number of aromatic nitrogens is 6. The molecular weight excluding hydrogens is 463 g/mol. The lowest BCUT2D eigenvalue weighted by Gasteiger charge is -2.61. The Morgan fingerprint density at radius 1 is 1.31 bits per heavy atom. The van der Waals surface area contributed by atoms with Crippen molar-refractivity contribution in [3.05, 3.63) is 42.0 Å². The van der Waals surface area contributed by atoms with E-state index in [9.17, 15) is 9.18 Å². The number of halogens is 1. The lowest BCUT2D eigenvalue weighted by molar-refractivity contribution is -0.117. The van der Waals surface area contributed by atoms with Crippen LogP contribution in [0.25, 0.3) is 5.65 Å². The number of aryl methyl sites for hydroxylation is 3. The molecule has 190 valence electrons. The van der Waals surface area contributed by atoms with Crippen LogP contribution in [0.5, 0.6) is 5.88 Å². The van der Waals surface area contributed by atoms with Crippen LogP contribution in [0.2, 0.25) is 0 Å². The molecule has 1 saturated heterocycles. The lowest BCUT2D eigenvalue weighted by atomic mass is 9.43. The number of amides is 1. The van der Waals surface area contributed by atoms with E-state index in [0.29, 0.717) is 24.8 Å². The molecule has 4 heterocycles. The van der Waals surface area contributed by atoms with Crippen molar-refractivity contribution in [2.75, 3.05) is 25.1 Å². The number of ether oxygens (including phenoxy) is 1. The Kier molecular flexibility index (Phi) is 5.45. The van der Waals surface area contributed by atoms with Gasteiger partial charge in [0.25, 0.3) is 0 Å². The number of nitrogens with zero attached hydrogens (tertiary/aromatic N) is 7. The van der Waals surface area contributed by atoms with E-state index >= 15 is 0 Å². The average Bonchev–Trinajstić information content (AvgIpc) is 3.49. The van der Waals surface area contributed by atoms with Crippen molar-refractivity contribution < 1.29 is 13.9 Å². The SMILES string of the molecule is C=CC(=O)NC1CN(c2nc(CCCc3cn(C)nc3OC)c3ncc(C45CC(C4)C5)n3n2)CC1F. The number of hydrogen-bond donors (Lipinski definition) is 1. The molecule has 1 N–H and O–H groups in total. The predicted molar refractivity (Wildman–Crippen MR) is 131 cm³/mol. The number of rotatable bonds is 9. The van der Waals surface area contributed by atoms with E-state index in [1.807, 2.05) is 28.9 Å². The molecular formula is C25H31FN8O2. The number of imidazole rings is 1. The molecule has 10 nitrogen and oxygen atoms in total. The van der Waals surface area contributed by atoms with Gasteiger partial charge in [-0.1, -0.05) is 6.58 Å². The van der Waals surface area contributed by atoms with E-state index in [2.05, 4.69) is 17.0 Å². The van der Waals surface area contributed by atoms with E-state index < -0.39 is 12.2 Å². The zero-order valence-electron chi connectivity index (χ0n) is 20.7. The maximum atomic E-state index is 14.8. The van der Waals surface area contributed by atoms with Crippen LogP contribution in [0.1, 0.15) is 42.6 Å². The molecule has 2 bridgehead atoms. The summed E-state index contributed by atoms with van der Waals surface area (Å²) in [5, 5.41) is 11.9. The Hall–Kier alpha value is -3.50. The third kappa shape index (κ3) is 3.72. The monoisotopic (exact) mass is 494 g/mol. The second-order valence-electron chi connectivity index (χ2n) is 10.4. The van der Waals surface area contributed by atoms with E-state index in [-0.39, 0.29) is 17.9 Å². The first-order valence-corrected chi connectivity index (χ1v) is 12.5. The largest absolute Gasteiger partial charge is 0.480 e. The highest BCUT2D eigenvalue weighted by atomic mass is 19.1. The Balaban J connectivity index is 1.29. The number of hydrogen-bond acceptors (Lipinski definition) is 7. The first-order valence-electron chi connectivity index (χ1n) is 12.5. The number of nitrogens with one attached hydrogen (secondary N) is 1. The molecule has 0 radical (unpaired) electrons. The number of carbonyl (C=O) groups is 1. The fraction of sp³-hybridized carbons (Fsp3) is 0.560. The number of methoxy groups -OCH3 is 1. The van der Waals surface area contributed by atoms with E-state index in [1.165, 1.54) is 19.3 Å². The molecule has 0 spiro atoms. The number of fused-ring (bicyclic) bond motifs is 1. The molecule has 3 aliphatic carbocycles. The number of carbonyl (C=O) groups excluding carboxylic acids is 1. The first-order chi connectivity index (χ1) is 17.4. The molecule has 4 fully saturated rings. The summed E-state index contributed by atoms with van der Waals surface area (Å²) in [6, 6.07) is -0.629. The van der Waals surface area contributed by atoms with Crippen LogP contribution < -0.4 is 15.0 Å². The summed E-state index contributed by atoms with van der Waals surface area (Å²) in [6.45, 7) is 3.88. The smallest absolute Gasteiger partial charge is 0.244 e. The molecule has 4 aliphatic rings. The second-order valence-corrected chi connectivity index (χ2v) is 10.4. The van der Waals surface area contributed by atoms with Crippen molar-refractivity contribution >= 4 is 17.5 Å². The summed E-state index contributed by atoms with van der Waals surface area (Å²) < 4.78 is 23.9. The highest BCUT2D eigenvalue weighted by Gasteiger charge is 2.59. The van der Waals surface area contributed by atoms with Gasteiger partial charge in [-0.25, -0.2) is 18.9 Å². The third-order valence-electron chi connectivity index (χ3n) is 7.97. The van der Waals surface area contributed by atoms with Crippen molar-refractivity contribution in [3.8, 4) is 5.88 Å². The van der Waals surface area contributed by atoms with Crippen LogP contribution in [-0.2, 0) is 30.1 Å². The third-order valence-corrected chi connectivity index (χ3v) is 7.97. The average molecular weight is 495 g/mol. The summed E-state index contributed by atoms with van der Waals surface area (Å²) in [4.78, 5) is 23.2. The Bertz CT molecular complexity index is 1320. The quantitative estimate of drug-likeness (QED) is 0.454. The topological polar surface area (TPSA) is 102 Å². The second kappa shape index (κ2) is 8.56. The summed E-state index contributed by atoms with van der Waals surface area (Å²) >= 11 is 0. The van der Waals surface area contributed by atoms with Crippen LogP contribution in [0.3, 0.4) is 0 Å². The fourth-order valence-electron chi connectivity index (χ4n) is 5.99. The van der Waals surface area contributed by atoms with E-state index in [4.69, 9.17) is 19.8 Å². The molecule has 3 aromatic heterocycles. The van der Waals surface area contributed by atoms with E-state index in [1.54, 1.807) is 11.8 Å². The highest BCUT2D eigenvalue weighted by molar-refractivity contribution is 5.87. The van der Waals surface area contributed by atoms with Gasteiger partial charge in [-0.15, -0.1) is 10.2 Å². The van der Waals surface area contributed by atoms with Crippen molar-refractivity contribution in [1.82, 2.24) is 34.7 Å². The highest BCUT2D eigenvalue weighted by Crippen LogP contribution is 2.65. The van der Waals surface area contributed by atoms with Crippen LogP contribution in [-0.4, -0.2) is 67.7 Å². The summed E-state index contributed by atoms with van der Waals surface area (Å²) in [6.07, 6.45) is 9.72. The van der Waals surface area contributed by atoms with Crippen LogP contribution >= 0.6 is 0 Å². The van der Waals surface area contributed by atoms with Gasteiger partial charge in [0.15, 0.2) is 5.65 Å². The lowest BCUT2D eigenvalue weighted by Crippen LogP contribution is -2.55. The van der Waals surface area contributed by atoms with Gasteiger partial charge in [0, 0.05) is 30.8 Å². The van der Waals surface area contributed by atoms with Gasteiger partial charge in [-0.05, 0) is 50.5 Å². The minimum Gasteiger partial charge on any atom is -0.480 e. The van der Waals surface area contributed by atoms with Gasteiger partial charge in [-0.3, -0.25) is 9.48 Å². The van der Waals surface area contributed by atoms with Gasteiger partial charge in [0.2, 0.25) is 17.7 Å². The molecule has 3 saturated carbocycles. The maximum Gasteiger partial charge on any atom is 0.244 e. The molecule has 11 heteroatoms. The summed E-state index contributed by atoms with van der Waals surface area (Å²) in [5.74, 6) is 1.55. The molecule has 2 atom stereocenters. The zero-order valence-corrected chi connectivity index (χ0v) is 20.7. The molecule has 2 unspecified atom stereocenters. The Labute approximate surface area is 208 Å². The van der Waals surface area contributed by atoms with Crippen molar-refractivity contribution in [2.24, 2.45) is 13.0 Å². The first kappa shape index (κ1) is 22.9. The van der Waals surface area contributed by atoms with Crippen molar-refractivity contribution in [3.63, 3.8) is 0 Å². The minimum atomic E-state index is -1.21. The normalized spacial score (nSPS) is 26.5. The molecule has 36 heavy (non-hydrogen) atoms. The van der Waals surface area contributed by atoms with Gasteiger partial charge >= 0.3 is 0 Å². The van der Waals surface area contributed by atoms with Crippen LogP contribution in [0, 0.1) is 5.92 Å². The Morgan fingerprint density at radius 2 is 2.11 bits per heavy atom. The minimum absolute atomic E-state index is 0.122. The van der Waals surface area contributed by atoms with Gasteiger partial charge in [-0.2, -0.15) is 0 Å². The molecule has 3 aromatic rings. The molecule has 7 rings (SSSR count). The molecule has 1 amide bonds. The van der Waals surface area contributed by atoms with Crippen molar-refractivity contribution in [1.29, 1.82) is 0 Å². The zero-order chi connectivity index (χ0) is 25.0. The van der Waals surface area contributed by atoms with Gasteiger partial charge < -0.3 is 15.0 Å². The van der Waals surface area contributed by atoms with Crippen LogP contribution in [0.15, 0.2) is 25.0 Å². The summed E-state index contributed by atoms with van der Waals surface area (Å²) in [5.41, 5.74) is 3.96. The Morgan fingerprint density at radius 3 is 2.81 bits per heavy atom. The maximum absolute atomic E-state index is 14.8. The molecule has 1 aliphatic heterocycles. The predicted octanol–water partition coefficient (Wildman–Crippen LogP) is 1.92. The number of alkyl halides is 1. The van der Waals surface area contributed by atoms with Crippen molar-refractivity contribution in [2.45, 2.75) is 56.2 Å². The van der Waals surface area contributed by atoms with Crippen LogP contribution in [0.4, 0.5) is 10.3 Å². The summed E-state index contributed by atoms with van der Waals surface area (Å²) in [7, 11) is 3.50. The number of anilines is 1. The van der Waals surface area contributed by atoms with Gasteiger partial charge in [0.1, 0.15) is 6.17 Å². The van der Waals surface area contributed by atoms with Gasteiger partial charge in [0.05, 0.1) is 37.3 Å². The van der Waals surface area contributed by atoms with E-state index in [0.717, 1.165) is 47.4 Å². The standard InChI is InChI=1S/C25H31FN8O2/c1-4-21(35)28-19-14-33(13-17(19)26)24-29-18(7-5-6-16-12-32(2)30-23(16)36-3)22-27-11-20(34(22)31-24)25-8-15(9-25)10-25/h4,11-12,15,17,19H,1,5-10,13-14H2,2-3H3,(H,28,35).